The predicted molar refractivity (Wildman–Crippen MR) is 83.1 cm³/mol. The number of hydrogen-bond donors (Lipinski definition) is 2. The van der Waals surface area contributed by atoms with Gasteiger partial charge in [-0.25, -0.2) is 0 Å². The second kappa shape index (κ2) is 5.99. The Hall–Kier alpha value is -1.30. The van der Waals surface area contributed by atoms with Crippen LogP contribution in [0.4, 0.5) is 0 Å². The van der Waals surface area contributed by atoms with Gasteiger partial charge in [0.05, 0.1) is 21.3 Å². The molecule has 1 heterocycles. The van der Waals surface area contributed by atoms with Gasteiger partial charge in [0.15, 0.2) is 0 Å². The van der Waals surface area contributed by atoms with E-state index in [9.17, 15) is 0 Å². The maximum atomic E-state index is 7.71. The quantitative estimate of drug-likeness (QED) is 0.663. The molecule has 0 saturated heterocycles. The van der Waals surface area contributed by atoms with Crippen LogP contribution in [0.15, 0.2) is 28.1 Å². The number of aryl methyl sites for hydroxylation is 1. The van der Waals surface area contributed by atoms with Crippen molar-refractivity contribution in [2.24, 2.45) is 5.73 Å². The van der Waals surface area contributed by atoms with Gasteiger partial charge in [0, 0.05) is 4.90 Å². The Labute approximate surface area is 131 Å². The fourth-order valence-electron chi connectivity index (χ4n) is 1.63. The number of nitrogens with one attached hydrogen (secondary N) is 1. The summed E-state index contributed by atoms with van der Waals surface area (Å²) in [7, 11) is 0. The maximum absolute atomic E-state index is 7.71. The van der Waals surface area contributed by atoms with Crippen molar-refractivity contribution < 1.29 is 0 Å². The van der Waals surface area contributed by atoms with Crippen molar-refractivity contribution in [2.45, 2.75) is 23.8 Å². The minimum Gasteiger partial charge on any atom is -0.384 e. The van der Waals surface area contributed by atoms with Crippen LogP contribution in [-0.2, 0) is 0 Å². The van der Waals surface area contributed by atoms with Gasteiger partial charge in [0.2, 0.25) is 0 Å². The average molecular weight is 327 g/mol. The van der Waals surface area contributed by atoms with E-state index in [0.29, 0.717) is 20.6 Å². The van der Waals surface area contributed by atoms with E-state index in [1.165, 1.54) is 11.8 Å². The molecule has 0 atom stereocenters. The van der Waals surface area contributed by atoms with E-state index in [1.54, 1.807) is 12.1 Å². The summed E-state index contributed by atoms with van der Waals surface area (Å²) in [5.74, 6) is -0.0249. The lowest BCUT2D eigenvalue weighted by Gasteiger charge is -2.11. The Kier molecular flexibility index (Phi) is 4.52. The Morgan fingerprint density at radius 3 is 2.50 bits per heavy atom. The minimum atomic E-state index is -0.0249. The molecule has 3 N–H and O–H groups in total. The first-order valence-electron chi connectivity index (χ1n) is 5.71. The van der Waals surface area contributed by atoms with Crippen LogP contribution in [0.2, 0.25) is 10.0 Å². The van der Waals surface area contributed by atoms with Crippen molar-refractivity contribution in [1.82, 2.24) is 10.2 Å². The van der Waals surface area contributed by atoms with Crippen molar-refractivity contribution in [1.29, 1.82) is 5.41 Å². The van der Waals surface area contributed by atoms with Crippen LogP contribution in [0.5, 0.6) is 0 Å². The summed E-state index contributed by atoms with van der Waals surface area (Å²) in [5, 5.41) is 17.5. The zero-order valence-corrected chi connectivity index (χ0v) is 13.2. The van der Waals surface area contributed by atoms with Crippen LogP contribution in [0, 0.1) is 19.3 Å². The summed E-state index contributed by atoms with van der Waals surface area (Å²) in [5.41, 5.74) is 7.87. The average Bonchev–Trinajstić information content (AvgIpc) is 2.38. The molecule has 0 fully saturated rings. The minimum absolute atomic E-state index is 0.0249. The molecular formula is C13H12Cl2N4S. The van der Waals surface area contributed by atoms with Crippen LogP contribution in [0.1, 0.15) is 16.8 Å². The highest BCUT2D eigenvalue weighted by Crippen LogP contribution is 2.33. The molecule has 20 heavy (non-hydrogen) atoms. The van der Waals surface area contributed by atoms with Gasteiger partial charge < -0.3 is 5.73 Å². The first-order chi connectivity index (χ1) is 9.40. The molecule has 0 aliphatic heterocycles. The zero-order chi connectivity index (χ0) is 14.9. The van der Waals surface area contributed by atoms with Crippen molar-refractivity contribution in [3.8, 4) is 0 Å². The normalized spacial score (nSPS) is 10.6. The summed E-state index contributed by atoms with van der Waals surface area (Å²) in [6.45, 7) is 3.71. The fraction of sp³-hybridized carbons (Fsp3) is 0.154. The largest absolute Gasteiger partial charge is 0.384 e. The van der Waals surface area contributed by atoms with Crippen molar-refractivity contribution >= 4 is 40.8 Å². The fourth-order valence-corrected chi connectivity index (χ4v) is 2.97. The highest BCUT2D eigenvalue weighted by molar-refractivity contribution is 7.99. The van der Waals surface area contributed by atoms with E-state index >= 15 is 0 Å². The number of nitrogens with two attached hydrogens (primary N) is 1. The van der Waals surface area contributed by atoms with Gasteiger partial charge in [-0.1, -0.05) is 35.0 Å². The van der Waals surface area contributed by atoms with Gasteiger partial charge in [-0.3, -0.25) is 5.41 Å². The summed E-state index contributed by atoms with van der Waals surface area (Å²) >= 11 is 13.2. The molecule has 1 aromatic carbocycles. The smallest absolute Gasteiger partial charge is 0.135 e. The second-order valence-corrected chi connectivity index (χ2v) is 6.06. The molecule has 0 amide bonds. The number of nitrogen functional groups attached to an aromatic ring is 1. The van der Waals surface area contributed by atoms with Crippen molar-refractivity contribution in [3.63, 3.8) is 0 Å². The number of aromatic nitrogens is 2. The number of benzene rings is 1. The number of hydrogen-bond acceptors (Lipinski definition) is 4. The highest BCUT2D eigenvalue weighted by atomic mass is 35.5. The van der Waals surface area contributed by atoms with Crippen LogP contribution >= 0.6 is 35.0 Å². The zero-order valence-electron chi connectivity index (χ0n) is 10.9. The Morgan fingerprint density at radius 1 is 1.20 bits per heavy atom. The highest BCUT2D eigenvalue weighted by Gasteiger charge is 2.15. The number of halogens is 2. The summed E-state index contributed by atoms with van der Waals surface area (Å²) in [6.07, 6.45) is 0. The predicted octanol–water partition coefficient (Wildman–Crippen LogP) is 3.84. The number of rotatable bonds is 3. The van der Waals surface area contributed by atoms with E-state index < -0.39 is 0 Å². The molecule has 0 saturated carbocycles. The molecule has 104 valence electrons. The van der Waals surface area contributed by atoms with Crippen LogP contribution < -0.4 is 5.73 Å². The van der Waals surface area contributed by atoms with Gasteiger partial charge in [-0.05, 0) is 37.6 Å². The van der Waals surface area contributed by atoms with Gasteiger partial charge in [0.1, 0.15) is 10.9 Å². The van der Waals surface area contributed by atoms with Crippen LogP contribution in [-0.4, -0.2) is 16.0 Å². The molecule has 1 aromatic heterocycles. The third-order valence-corrected chi connectivity index (χ3v) is 4.51. The standard InChI is InChI=1S/C13H12Cl2N4S/c1-6-7(2)18-19-13(11(6)12(16)17)20-8-3-4-9(14)10(15)5-8/h3-5H,1-2H3,(H3,16,17). The van der Waals surface area contributed by atoms with Gasteiger partial charge in [-0.15, -0.1) is 5.10 Å². The van der Waals surface area contributed by atoms with E-state index in [1.807, 2.05) is 19.9 Å². The third kappa shape index (κ3) is 3.06. The van der Waals surface area contributed by atoms with E-state index in [-0.39, 0.29) is 5.84 Å². The number of nitrogens with zero attached hydrogens (tertiary/aromatic N) is 2. The third-order valence-electron chi connectivity index (χ3n) is 2.80. The first-order valence-corrected chi connectivity index (χ1v) is 7.28. The molecule has 7 heteroatoms. The molecule has 0 radical (unpaired) electrons. The van der Waals surface area contributed by atoms with Gasteiger partial charge >= 0.3 is 0 Å². The molecule has 2 rings (SSSR count). The molecule has 4 nitrogen and oxygen atoms in total. The van der Waals surface area contributed by atoms with Crippen molar-refractivity contribution in [3.05, 3.63) is 45.1 Å². The lowest BCUT2D eigenvalue weighted by molar-refractivity contribution is 0.872. The molecule has 0 spiro atoms. The SMILES string of the molecule is Cc1nnc(Sc2ccc(Cl)c(Cl)c2)c(C(=N)N)c1C. The molecule has 0 bridgehead atoms. The van der Waals surface area contributed by atoms with Crippen LogP contribution in [0.25, 0.3) is 0 Å². The molecule has 0 aliphatic rings. The summed E-state index contributed by atoms with van der Waals surface area (Å²) in [4.78, 5) is 0.861. The molecule has 2 aromatic rings. The van der Waals surface area contributed by atoms with E-state index in [2.05, 4.69) is 10.2 Å². The Bertz CT molecular complexity index is 688. The summed E-state index contributed by atoms with van der Waals surface area (Å²) in [6, 6.07) is 5.29. The second-order valence-electron chi connectivity index (χ2n) is 4.18. The van der Waals surface area contributed by atoms with E-state index in [0.717, 1.165) is 16.2 Å². The van der Waals surface area contributed by atoms with E-state index in [4.69, 9.17) is 34.3 Å². The van der Waals surface area contributed by atoms with Crippen LogP contribution in [0.3, 0.4) is 0 Å². The maximum Gasteiger partial charge on any atom is 0.135 e. The topological polar surface area (TPSA) is 75.7 Å². The number of amidine groups is 1. The van der Waals surface area contributed by atoms with Crippen molar-refractivity contribution in [2.75, 3.05) is 0 Å². The van der Waals surface area contributed by atoms with Gasteiger partial charge in [-0.2, -0.15) is 5.10 Å². The first kappa shape index (κ1) is 15.1. The van der Waals surface area contributed by atoms with Gasteiger partial charge in [0.25, 0.3) is 0 Å². The lowest BCUT2D eigenvalue weighted by atomic mass is 10.1. The molecule has 0 unspecified atom stereocenters. The Balaban J connectivity index is 2.45. The lowest BCUT2D eigenvalue weighted by Crippen LogP contribution is -2.16. The molecular weight excluding hydrogens is 315 g/mol. The Morgan fingerprint density at radius 2 is 1.90 bits per heavy atom. The monoisotopic (exact) mass is 326 g/mol. The molecule has 0 aliphatic carbocycles. The summed E-state index contributed by atoms with van der Waals surface area (Å²) < 4.78 is 0.